The summed E-state index contributed by atoms with van der Waals surface area (Å²) >= 11 is 0. The number of benzene rings is 1. The van der Waals surface area contributed by atoms with Gasteiger partial charge >= 0.3 is 0 Å². The van der Waals surface area contributed by atoms with Crippen LogP contribution in [-0.4, -0.2) is 65.7 Å². The van der Waals surface area contributed by atoms with Crippen molar-refractivity contribution in [3.8, 4) is 11.4 Å². The van der Waals surface area contributed by atoms with Crippen molar-refractivity contribution in [3.05, 3.63) is 42.6 Å². The molecule has 7 nitrogen and oxygen atoms in total. The van der Waals surface area contributed by atoms with Gasteiger partial charge in [0.25, 0.3) is 5.91 Å². The van der Waals surface area contributed by atoms with Crippen LogP contribution in [-0.2, 0) is 9.53 Å². The lowest BCUT2D eigenvalue weighted by Crippen LogP contribution is -2.51. The van der Waals surface area contributed by atoms with Gasteiger partial charge < -0.3 is 20.3 Å². The van der Waals surface area contributed by atoms with E-state index in [-0.39, 0.29) is 42.9 Å². The normalized spacial score (nSPS) is 21.3. The van der Waals surface area contributed by atoms with Crippen molar-refractivity contribution >= 4 is 36.5 Å². The van der Waals surface area contributed by atoms with Crippen LogP contribution < -0.4 is 10.6 Å². The predicted octanol–water partition coefficient (Wildman–Crippen LogP) is 2.14. The molecule has 0 aliphatic carbocycles. The fourth-order valence-corrected chi connectivity index (χ4v) is 3.67. The summed E-state index contributed by atoms with van der Waals surface area (Å²) < 4.78 is 5.75. The first-order valence-electron chi connectivity index (χ1n) is 9.52. The number of carbonyl (C=O) groups is 1. The first-order chi connectivity index (χ1) is 13.2. The number of anilines is 1. The molecule has 29 heavy (non-hydrogen) atoms. The van der Waals surface area contributed by atoms with Gasteiger partial charge in [0.2, 0.25) is 0 Å². The van der Waals surface area contributed by atoms with Crippen LogP contribution in [0.5, 0.6) is 0 Å². The second kappa shape index (κ2) is 10.7. The molecule has 2 aliphatic rings. The number of aromatic nitrogens is 2. The summed E-state index contributed by atoms with van der Waals surface area (Å²) in [5.74, 6) is 1.72. The molecule has 2 saturated heterocycles. The van der Waals surface area contributed by atoms with Gasteiger partial charge in [-0.15, -0.1) is 24.8 Å². The molecule has 2 aliphatic heterocycles. The predicted molar refractivity (Wildman–Crippen MR) is 118 cm³/mol. The number of piperazine rings is 1. The Bertz CT molecular complexity index is 787. The summed E-state index contributed by atoms with van der Waals surface area (Å²) in [5.41, 5.74) is 6.64. The van der Waals surface area contributed by atoms with Crippen molar-refractivity contribution < 1.29 is 9.53 Å². The standard InChI is InChI=1S/C20H25N5O2.2ClH/c21-14-16-6-7-17(27-16)20(26)25-12-10-24(11-13-25)18-8-9-22-19(23-18)15-4-2-1-3-5-15;;/h1-5,8-9,16-17H,6-7,10-14,21H2;2*1H/t16-,17+;;/m1../s1. The Morgan fingerprint density at radius 3 is 2.45 bits per heavy atom. The van der Waals surface area contributed by atoms with Gasteiger partial charge in [0.05, 0.1) is 6.10 Å². The Morgan fingerprint density at radius 1 is 1.07 bits per heavy atom. The highest BCUT2D eigenvalue weighted by Crippen LogP contribution is 2.23. The third-order valence-electron chi connectivity index (χ3n) is 5.23. The minimum absolute atomic E-state index is 0. The number of hydrogen-bond donors (Lipinski definition) is 1. The van der Waals surface area contributed by atoms with Gasteiger partial charge in [-0.2, -0.15) is 0 Å². The van der Waals surface area contributed by atoms with Gasteiger partial charge in [0.15, 0.2) is 5.82 Å². The number of carbonyl (C=O) groups excluding carboxylic acids is 1. The molecule has 2 fully saturated rings. The fraction of sp³-hybridized carbons (Fsp3) is 0.450. The molecule has 0 bridgehead atoms. The second-order valence-corrected chi connectivity index (χ2v) is 6.98. The van der Waals surface area contributed by atoms with Crippen molar-refractivity contribution in [2.24, 2.45) is 5.73 Å². The van der Waals surface area contributed by atoms with Gasteiger partial charge in [-0.25, -0.2) is 9.97 Å². The minimum atomic E-state index is -0.325. The van der Waals surface area contributed by atoms with E-state index in [0.717, 1.165) is 43.1 Å². The van der Waals surface area contributed by atoms with E-state index in [0.29, 0.717) is 19.6 Å². The maximum Gasteiger partial charge on any atom is 0.251 e. The van der Waals surface area contributed by atoms with Crippen LogP contribution in [0.1, 0.15) is 12.8 Å². The lowest BCUT2D eigenvalue weighted by molar-refractivity contribution is -0.143. The van der Waals surface area contributed by atoms with E-state index in [9.17, 15) is 4.79 Å². The third kappa shape index (κ3) is 5.36. The lowest BCUT2D eigenvalue weighted by Gasteiger charge is -2.36. The molecule has 4 rings (SSSR count). The van der Waals surface area contributed by atoms with Crippen LogP contribution in [0.4, 0.5) is 5.82 Å². The van der Waals surface area contributed by atoms with Crippen LogP contribution in [0.25, 0.3) is 11.4 Å². The molecule has 9 heteroatoms. The summed E-state index contributed by atoms with van der Waals surface area (Å²) in [6.45, 7) is 3.34. The number of halogens is 2. The summed E-state index contributed by atoms with van der Waals surface area (Å²) in [6.07, 6.45) is 3.14. The zero-order valence-electron chi connectivity index (χ0n) is 16.1. The van der Waals surface area contributed by atoms with Crippen LogP contribution in [0, 0.1) is 0 Å². The average molecular weight is 440 g/mol. The third-order valence-corrected chi connectivity index (χ3v) is 5.23. The zero-order chi connectivity index (χ0) is 18.6. The average Bonchev–Trinajstić information content (AvgIpc) is 3.23. The van der Waals surface area contributed by atoms with E-state index in [4.69, 9.17) is 15.5 Å². The minimum Gasteiger partial charge on any atom is -0.364 e. The van der Waals surface area contributed by atoms with Crippen molar-refractivity contribution in [2.45, 2.75) is 25.0 Å². The lowest BCUT2D eigenvalue weighted by atomic mass is 10.1. The van der Waals surface area contributed by atoms with E-state index < -0.39 is 0 Å². The van der Waals surface area contributed by atoms with E-state index in [1.165, 1.54) is 0 Å². The number of amides is 1. The SMILES string of the molecule is Cl.Cl.NC[C@H]1CC[C@@H](C(=O)N2CCN(c3ccnc(-c4ccccc4)n3)CC2)O1. The molecule has 1 aromatic carbocycles. The molecule has 2 N–H and O–H groups in total. The zero-order valence-corrected chi connectivity index (χ0v) is 17.8. The van der Waals surface area contributed by atoms with E-state index in [1.807, 2.05) is 41.3 Å². The highest BCUT2D eigenvalue weighted by Gasteiger charge is 2.34. The van der Waals surface area contributed by atoms with Crippen molar-refractivity contribution in [1.29, 1.82) is 0 Å². The fourth-order valence-electron chi connectivity index (χ4n) is 3.67. The number of nitrogens with two attached hydrogens (primary N) is 1. The Morgan fingerprint density at radius 2 is 1.79 bits per heavy atom. The molecule has 0 unspecified atom stereocenters. The summed E-state index contributed by atoms with van der Waals surface area (Å²) in [6, 6.07) is 11.9. The number of nitrogens with zero attached hydrogens (tertiary/aromatic N) is 4. The monoisotopic (exact) mass is 439 g/mol. The highest BCUT2D eigenvalue weighted by molar-refractivity contribution is 5.85. The van der Waals surface area contributed by atoms with Crippen molar-refractivity contribution in [3.63, 3.8) is 0 Å². The van der Waals surface area contributed by atoms with Crippen LogP contribution >= 0.6 is 24.8 Å². The van der Waals surface area contributed by atoms with Gasteiger partial charge in [-0.05, 0) is 18.9 Å². The van der Waals surface area contributed by atoms with Crippen LogP contribution in [0.2, 0.25) is 0 Å². The molecule has 1 aromatic heterocycles. The molecular formula is C20H27Cl2N5O2. The summed E-state index contributed by atoms with van der Waals surface area (Å²) in [4.78, 5) is 25.9. The van der Waals surface area contributed by atoms with Crippen molar-refractivity contribution in [2.75, 3.05) is 37.6 Å². The molecule has 1 amide bonds. The first kappa shape index (κ1) is 23.3. The maximum absolute atomic E-state index is 12.7. The Balaban J connectivity index is 0.00000150. The topological polar surface area (TPSA) is 84.6 Å². The van der Waals surface area contributed by atoms with Crippen LogP contribution in [0.3, 0.4) is 0 Å². The molecule has 0 saturated carbocycles. The maximum atomic E-state index is 12.7. The Hall–Kier alpha value is -1.93. The number of rotatable bonds is 4. The van der Waals surface area contributed by atoms with Gasteiger partial charge in [0.1, 0.15) is 11.9 Å². The second-order valence-electron chi connectivity index (χ2n) is 6.98. The van der Waals surface area contributed by atoms with E-state index >= 15 is 0 Å². The number of hydrogen-bond acceptors (Lipinski definition) is 6. The first-order valence-corrected chi connectivity index (χ1v) is 9.52. The Labute approximate surface area is 183 Å². The van der Waals surface area contributed by atoms with Gasteiger partial charge in [-0.1, -0.05) is 30.3 Å². The molecule has 0 radical (unpaired) electrons. The van der Waals surface area contributed by atoms with Gasteiger partial charge in [0, 0.05) is 44.5 Å². The molecule has 0 spiro atoms. The van der Waals surface area contributed by atoms with E-state index in [1.54, 1.807) is 6.20 Å². The number of ether oxygens (including phenoxy) is 1. The molecule has 2 atom stereocenters. The summed E-state index contributed by atoms with van der Waals surface area (Å²) in [5, 5.41) is 0. The molecule has 158 valence electrons. The van der Waals surface area contributed by atoms with Crippen LogP contribution in [0.15, 0.2) is 42.6 Å². The molecule has 3 heterocycles. The highest BCUT2D eigenvalue weighted by atomic mass is 35.5. The quantitative estimate of drug-likeness (QED) is 0.785. The van der Waals surface area contributed by atoms with E-state index in [2.05, 4.69) is 9.88 Å². The molecular weight excluding hydrogens is 413 g/mol. The molecule has 2 aromatic rings. The largest absolute Gasteiger partial charge is 0.364 e. The van der Waals surface area contributed by atoms with Crippen molar-refractivity contribution in [1.82, 2.24) is 14.9 Å². The summed E-state index contributed by atoms with van der Waals surface area (Å²) in [7, 11) is 0. The smallest absolute Gasteiger partial charge is 0.251 e. The Kier molecular flexibility index (Phi) is 8.64. The van der Waals surface area contributed by atoms with Gasteiger partial charge in [-0.3, -0.25) is 4.79 Å².